The van der Waals surface area contributed by atoms with Crippen LogP contribution in [0.15, 0.2) is 72.6 Å². The average Bonchev–Trinajstić information content (AvgIpc) is 3.40. The largest absolute Gasteiger partial charge is 0.507 e. The van der Waals surface area contributed by atoms with Gasteiger partial charge < -0.3 is 19.5 Å². The highest BCUT2D eigenvalue weighted by atomic mass is 16.5. The molecular formula is C30H30N2O5. The SMILES string of the molecule is CCCCOc1ccc(C2/C(=C(/O)c3ccc4c(c3)CC(C)O4)C(=O)C(=O)N2Cc2cccnc2)cc1. The number of Topliss-reactive ketones (excluding diaryl/α,β-unsaturated/α-hetero) is 1. The normalized spacial score (nSPS) is 20.1. The standard InChI is InChI=1S/C30H30N2O5/c1-3-4-14-36-24-10-7-21(8-11-24)27-26(28(33)22-9-12-25-23(16-22)15-19(2)37-25)29(34)30(35)32(27)18-20-6-5-13-31-17-20/h5-13,16-17,19,27,33H,3-4,14-15,18H2,1-2H3/b28-26-. The second-order valence-corrected chi connectivity index (χ2v) is 9.51. The summed E-state index contributed by atoms with van der Waals surface area (Å²) < 4.78 is 11.6. The number of pyridine rings is 1. The van der Waals surface area contributed by atoms with Gasteiger partial charge in [0.1, 0.15) is 23.4 Å². The summed E-state index contributed by atoms with van der Waals surface area (Å²) in [5.41, 5.74) is 3.02. The van der Waals surface area contributed by atoms with Gasteiger partial charge in [0.25, 0.3) is 11.7 Å². The van der Waals surface area contributed by atoms with Gasteiger partial charge in [-0.2, -0.15) is 0 Å². The van der Waals surface area contributed by atoms with E-state index in [1.54, 1.807) is 30.6 Å². The minimum absolute atomic E-state index is 0.0514. The van der Waals surface area contributed by atoms with Gasteiger partial charge in [-0.15, -0.1) is 0 Å². The van der Waals surface area contributed by atoms with Gasteiger partial charge in [-0.3, -0.25) is 14.6 Å². The number of amides is 1. The first kappa shape index (κ1) is 24.6. The molecular weight excluding hydrogens is 468 g/mol. The van der Waals surface area contributed by atoms with Gasteiger partial charge in [-0.05, 0) is 66.4 Å². The number of benzene rings is 2. The van der Waals surface area contributed by atoms with Crippen molar-refractivity contribution in [1.82, 2.24) is 9.88 Å². The van der Waals surface area contributed by atoms with E-state index in [1.807, 2.05) is 43.3 Å². The Morgan fingerprint density at radius 2 is 1.97 bits per heavy atom. The number of ether oxygens (including phenoxy) is 2. The van der Waals surface area contributed by atoms with E-state index in [0.29, 0.717) is 29.9 Å². The van der Waals surface area contributed by atoms with Crippen LogP contribution in [0.1, 0.15) is 55.0 Å². The number of nitrogens with zero attached hydrogens (tertiary/aromatic N) is 2. The van der Waals surface area contributed by atoms with E-state index in [2.05, 4.69) is 11.9 Å². The molecule has 0 saturated carbocycles. The van der Waals surface area contributed by atoms with Crippen molar-refractivity contribution < 1.29 is 24.2 Å². The van der Waals surface area contributed by atoms with Crippen LogP contribution in [0.2, 0.25) is 0 Å². The third kappa shape index (κ3) is 4.94. The van der Waals surface area contributed by atoms with Crippen LogP contribution >= 0.6 is 0 Å². The van der Waals surface area contributed by atoms with E-state index in [9.17, 15) is 14.7 Å². The zero-order valence-corrected chi connectivity index (χ0v) is 21.0. The van der Waals surface area contributed by atoms with Gasteiger partial charge in [-0.25, -0.2) is 0 Å². The molecule has 1 saturated heterocycles. The van der Waals surface area contributed by atoms with E-state index in [1.165, 1.54) is 4.90 Å². The number of aliphatic hydroxyl groups excluding tert-OH is 1. The summed E-state index contributed by atoms with van der Waals surface area (Å²) in [6.07, 6.45) is 6.09. The predicted molar refractivity (Wildman–Crippen MR) is 139 cm³/mol. The molecule has 3 heterocycles. The van der Waals surface area contributed by atoms with Crippen LogP contribution in [0.5, 0.6) is 11.5 Å². The van der Waals surface area contributed by atoms with Gasteiger partial charge in [0.2, 0.25) is 0 Å². The monoisotopic (exact) mass is 498 g/mol. The lowest BCUT2D eigenvalue weighted by Crippen LogP contribution is -2.29. The summed E-state index contributed by atoms with van der Waals surface area (Å²) in [5.74, 6) is -0.0651. The molecule has 2 aromatic carbocycles. The molecule has 2 aliphatic rings. The molecule has 37 heavy (non-hydrogen) atoms. The molecule has 2 aliphatic heterocycles. The second kappa shape index (κ2) is 10.5. The van der Waals surface area contributed by atoms with Crippen LogP contribution in [0.3, 0.4) is 0 Å². The molecule has 0 spiro atoms. The maximum Gasteiger partial charge on any atom is 0.295 e. The molecule has 3 aromatic rings. The van der Waals surface area contributed by atoms with Gasteiger partial charge in [0, 0.05) is 30.9 Å². The van der Waals surface area contributed by atoms with E-state index in [-0.39, 0.29) is 24.0 Å². The summed E-state index contributed by atoms with van der Waals surface area (Å²) in [6.45, 7) is 4.89. The smallest absolute Gasteiger partial charge is 0.295 e. The van der Waals surface area contributed by atoms with Crippen LogP contribution < -0.4 is 9.47 Å². The van der Waals surface area contributed by atoms with Crippen molar-refractivity contribution in [2.75, 3.05) is 6.61 Å². The molecule has 5 rings (SSSR count). The first-order valence-corrected chi connectivity index (χ1v) is 12.7. The van der Waals surface area contributed by atoms with Gasteiger partial charge in [0.15, 0.2) is 0 Å². The molecule has 0 aliphatic carbocycles. The predicted octanol–water partition coefficient (Wildman–Crippen LogP) is 5.21. The highest BCUT2D eigenvalue weighted by Gasteiger charge is 2.46. The summed E-state index contributed by atoms with van der Waals surface area (Å²) in [4.78, 5) is 32.3. The maximum absolute atomic E-state index is 13.4. The molecule has 1 fully saturated rings. The van der Waals surface area contributed by atoms with Crippen molar-refractivity contribution in [3.63, 3.8) is 0 Å². The van der Waals surface area contributed by atoms with Crippen molar-refractivity contribution in [2.24, 2.45) is 0 Å². The van der Waals surface area contributed by atoms with Crippen molar-refractivity contribution in [3.05, 3.63) is 94.8 Å². The minimum Gasteiger partial charge on any atom is -0.507 e. The number of rotatable bonds is 8. The fourth-order valence-electron chi connectivity index (χ4n) is 4.88. The molecule has 2 unspecified atom stereocenters. The lowest BCUT2D eigenvalue weighted by atomic mass is 9.94. The molecule has 7 heteroatoms. The second-order valence-electron chi connectivity index (χ2n) is 9.51. The summed E-state index contributed by atoms with van der Waals surface area (Å²) in [5, 5.41) is 11.4. The Morgan fingerprint density at radius 1 is 1.16 bits per heavy atom. The van der Waals surface area contributed by atoms with Crippen molar-refractivity contribution in [2.45, 2.75) is 51.8 Å². The number of aliphatic hydroxyl groups is 1. The molecule has 1 amide bonds. The number of fused-ring (bicyclic) bond motifs is 1. The molecule has 190 valence electrons. The van der Waals surface area contributed by atoms with E-state index in [4.69, 9.17) is 9.47 Å². The Kier molecular flexibility index (Phi) is 6.95. The number of ketones is 1. The molecule has 2 atom stereocenters. The molecule has 0 bridgehead atoms. The Bertz CT molecular complexity index is 1330. The number of carbonyl (C=O) groups excluding carboxylic acids is 2. The van der Waals surface area contributed by atoms with Crippen LogP contribution in [0, 0.1) is 0 Å². The Hall–Kier alpha value is -4.13. The fraction of sp³-hybridized carbons (Fsp3) is 0.300. The third-order valence-electron chi connectivity index (χ3n) is 6.75. The number of aromatic nitrogens is 1. The topological polar surface area (TPSA) is 89.0 Å². The first-order valence-electron chi connectivity index (χ1n) is 12.7. The van der Waals surface area contributed by atoms with Gasteiger partial charge in [-0.1, -0.05) is 31.5 Å². The van der Waals surface area contributed by atoms with E-state index < -0.39 is 17.7 Å². The summed E-state index contributed by atoms with van der Waals surface area (Å²) in [6, 6.07) is 15.6. The number of carbonyl (C=O) groups is 2. The fourth-order valence-corrected chi connectivity index (χ4v) is 4.88. The van der Waals surface area contributed by atoms with Crippen LogP contribution in [0.25, 0.3) is 5.76 Å². The number of hydrogen-bond acceptors (Lipinski definition) is 6. The maximum atomic E-state index is 13.4. The van der Waals surface area contributed by atoms with Crippen molar-refractivity contribution >= 4 is 17.4 Å². The van der Waals surface area contributed by atoms with Gasteiger partial charge >= 0.3 is 0 Å². The molecule has 0 radical (unpaired) electrons. The zero-order valence-electron chi connectivity index (χ0n) is 21.0. The summed E-state index contributed by atoms with van der Waals surface area (Å²) >= 11 is 0. The van der Waals surface area contributed by atoms with E-state index in [0.717, 1.165) is 29.7 Å². The lowest BCUT2D eigenvalue weighted by molar-refractivity contribution is -0.140. The zero-order chi connectivity index (χ0) is 25.9. The van der Waals surface area contributed by atoms with Crippen molar-refractivity contribution in [3.8, 4) is 11.5 Å². The van der Waals surface area contributed by atoms with Gasteiger partial charge in [0.05, 0.1) is 18.2 Å². The highest BCUT2D eigenvalue weighted by molar-refractivity contribution is 6.46. The van der Waals surface area contributed by atoms with E-state index >= 15 is 0 Å². The number of likely N-dealkylation sites (tertiary alicyclic amines) is 1. The van der Waals surface area contributed by atoms with Crippen molar-refractivity contribution in [1.29, 1.82) is 0 Å². The minimum atomic E-state index is -0.756. The first-order chi connectivity index (χ1) is 18.0. The Labute approximate surface area is 216 Å². The molecule has 1 N–H and O–H groups in total. The number of hydrogen-bond donors (Lipinski definition) is 1. The summed E-state index contributed by atoms with van der Waals surface area (Å²) in [7, 11) is 0. The average molecular weight is 499 g/mol. The molecule has 7 nitrogen and oxygen atoms in total. The lowest BCUT2D eigenvalue weighted by Gasteiger charge is -2.25. The van der Waals surface area contributed by atoms with Crippen LogP contribution in [-0.4, -0.2) is 39.4 Å². The quantitative estimate of drug-likeness (QED) is 0.199. The van der Waals surface area contributed by atoms with Crippen LogP contribution in [-0.2, 0) is 22.6 Å². The third-order valence-corrected chi connectivity index (χ3v) is 6.75. The Morgan fingerprint density at radius 3 is 2.70 bits per heavy atom. The number of unbranched alkanes of at least 4 members (excludes halogenated alkanes) is 1. The Balaban J connectivity index is 1.56. The highest BCUT2D eigenvalue weighted by Crippen LogP contribution is 2.41. The molecule has 1 aromatic heterocycles. The van der Waals surface area contributed by atoms with Crippen LogP contribution in [0.4, 0.5) is 0 Å².